The number of para-hydroxylation sites is 1. The van der Waals surface area contributed by atoms with E-state index in [0.717, 1.165) is 17.7 Å². The number of amides is 2. The lowest BCUT2D eigenvalue weighted by Crippen LogP contribution is -2.53. The van der Waals surface area contributed by atoms with E-state index < -0.39 is 0 Å². The number of nitrogens with zero attached hydrogens (tertiary/aromatic N) is 2. The van der Waals surface area contributed by atoms with Crippen LogP contribution >= 0.6 is 0 Å². The molecule has 0 unspecified atom stereocenters. The van der Waals surface area contributed by atoms with Crippen LogP contribution in [0, 0.1) is 5.41 Å². The fourth-order valence-corrected chi connectivity index (χ4v) is 2.80. The fraction of sp³-hybridized carbons (Fsp3) is 0.579. The lowest BCUT2D eigenvalue weighted by molar-refractivity contribution is -0.145. The van der Waals surface area contributed by atoms with E-state index >= 15 is 0 Å². The zero-order chi connectivity index (χ0) is 17.7. The third-order valence-electron chi connectivity index (χ3n) is 4.27. The van der Waals surface area contributed by atoms with Gasteiger partial charge in [-0.05, 0) is 18.1 Å². The van der Waals surface area contributed by atoms with Gasteiger partial charge in [-0.3, -0.25) is 9.59 Å². The molecule has 132 valence electrons. The minimum atomic E-state index is -0.376. The van der Waals surface area contributed by atoms with Crippen LogP contribution in [0.15, 0.2) is 24.3 Å². The predicted octanol–water partition coefficient (Wildman–Crippen LogP) is 2.34. The van der Waals surface area contributed by atoms with Crippen LogP contribution in [-0.2, 0) is 16.0 Å². The van der Waals surface area contributed by atoms with Gasteiger partial charge in [-0.1, -0.05) is 45.9 Å². The maximum Gasteiger partial charge on any atom is 0.260 e. The van der Waals surface area contributed by atoms with Gasteiger partial charge >= 0.3 is 0 Å². The van der Waals surface area contributed by atoms with Crippen molar-refractivity contribution in [3.8, 4) is 5.75 Å². The van der Waals surface area contributed by atoms with Crippen LogP contribution < -0.4 is 4.74 Å². The van der Waals surface area contributed by atoms with Gasteiger partial charge in [0.2, 0.25) is 5.91 Å². The fourth-order valence-electron chi connectivity index (χ4n) is 2.80. The summed E-state index contributed by atoms with van der Waals surface area (Å²) in [5, 5.41) is 0. The second-order valence-electron chi connectivity index (χ2n) is 7.17. The van der Waals surface area contributed by atoms with Crippen LogP contribution in [0.25, 0.3) is 0 Å². The van der Waals surface area contributed by atoms with Crippen LogP contribution in [0.3, 0.4) is 0 Å². The van der Waals surface area contributed by atoms with Gasteiger partial charge < -0.3 is 14.5 Å². The molecule has 0 saturated carbocycles. The molecule has 1 saturated heterocycles. The summed E-state index contributed by atoms with van der Waals surface area (Å²) in [5.74, 6) is 0.890. The normalized spacial score (nSPS) is 15.3. The van der Waals surface area contributed by atoms with Crippen molar-refractivity contribution in [3.63, 3.8) is 0 Å². The van der Waals surface area contributed by atoms with E-state index in [1.807, 2.05) is 49.9 Å². The zero-order valence-corrected chi connectivity index (χ0v) is 15.2. The predicted molar refractivity (Wildman–Crippen MR) is 93.9 cm³/mol. The van der Waals surface area contributed by atoms with Crippen molar-refractivity contribution in [2.75, 3.05) is 32.8 Å². The summed E-state index contributed by atoms with van der Waals surface area (Å²) in [6.45, 7) is 10.2. The second-order valence-corrected chi connectivity index (χ2v) is 7.17. The minimum Gasteiger partial charge on any atom is -0.483 e. The Balaban J connectivity index is 1.84. The number of hydrogen-bond donors (Lipinski definition) is 0. The molecule has 1 aliphatic heterocycles. The highest BCUT2D eigenvalue weighted by molar-refractivity contribution is 5.82. The van der Waals surface area contributed by atoms with Gasteiger partial charge in [-0.2, -0.15) is 0 Å². The largest absolute Gasteiger partial charge is 0.483 e. The molecular formula is C19H28N2O3. The minimum absolute atomic E-state index is 0.0243. The van der Waals surface area contributed by atoms with E-state index in [4.69, 9.17) is 4.74 Å². The summed E-state index contributed by atoms with van der Waals surface area (Å²) in [7, 11) is 0. The SMILES string of the molecule is CCc1ccccc1OCC(=O)N1CCN(C(=O)C(C)(C)C)CC1. The molecule has 5 heteroatoms. The molecular weight excluding hydrogens is 304 g/mol. The number of carbonyl (C=O) groups excluding carboxylic acids is 2. The van der Waals surface area contributed by atoms with Crippen molar-refractivity contribution in [2.24, 2.45) is 5.41 Å². The first-order chi connectivity index (χ1) is 11.3. The summed E-state index contributed by atoms with van der Waals surface area (Å²) < 4.78 is 5.70. The molecule has 0 radical (unpaired) electrons. The first-order valence-corrected chi connectivity index (χ1v) is 8.60. The van der Waals surface area contributed by atoms with Gasteiger partial charge in [-0.25, -0.2) is 0 Å². The summed E-state index contributed by atoms with van der Waals surface area (Å²) in [4.78, 5) is 28.2. The smallest absolute Gasteiger partial charge is 0.260 e. The molecule has 0 atom stereocenters. The Hall–Kier alpha value is -2.04. The van der Waals surface area contributed by atoms with Crippen LogP contribution in [-0.4, -0.2) is 54.4 Å². The molecule has 5 nitrogen and oxygen atoms in total. The lowest BCUT2D eigenvalue weighted by atomic mass is 9.94. The van der Waals surface area contributed by atoms with E-state index in [9.17, 15) is 9.59 Å². The third kappa shape index (κ3) is 4.49. The third-order valence-corrected chi connectivity index (χ3v) is 4.27. The number of rotatable bonds is 4. The number of hydrogen-bond acceptors (Lipinski definition) is 3. The van der Waals surface area contributed by atoms with Crippen LogP contribution in [0.1, 0.15) is 33.3 Å². The average Bonchev–Trinajstić information content (AvgIpc) is 2.58. The van der Waals surface area contributed by atoms with Crippen LogP contribution in [0.4, 0.5) is 0 Å². The molecule has 2 amide bonds. The average molecular weight is 332 g/mol. The molecule has 1 aromatic carbocycles. The number of piperazine rings is 1. The van der Waals surface area contributed by atoms with Crippen molar-refractivity contribution in [2.45, 2.75) is 34.1 Å². The molecule has 0 aromatic heterocycles. The number of benzene rings is 1. The Labute approximate surface area is 144 Å². The van der Waals surface area contributed by atoms with Crippen molar-refractivity contribution in [1.29, 1.82) is 0 Å². The molecule has 1 fully saturated rings. The summed E-state index contributed by atoms with van der Waals surface area (Å²) in [5.41, 5.74) is 0.727. The van der Waals surface area contributed by atoms with Gasteiger partial charge in [-0.15, -0.1) is 0 Å². The van der Waals surface area contributed by atoms with Crippen molar-refractivity contribution < 1.29 is 14.3 Å². The molecule has 0 N–H and O–H groups in total. The molecule has 24 heavy (non-hydrogen) atoms. The topological polar surface area (TPSA) is 49.9 Å². The number of ether oxygens (including phenoxy) is 1. The van der Waals surface area contributed by atoms with Gasteiger partial charge in [0.15, 0.2) is 6.61 Å². The number of aryl methyl sites for hydroxylation is 1. The monoisotopic (exact) mass is 332 g/mol. The molecule has 0 bridgehead atoms. The Kier molecular flexibility index (Phi) is 5.86. The number of carbonyl (C=O) groups is 2. The van der Waals surface area contributed by atoms with E-state index in [1.165, 1.54) is 0 Å². The first-order valence-electron chi connectivity index (χ1n) is 8.60. The molecule has 1 aromatic rings. The summed E-state index contributed by atoms with van der Waals surface area (Å²) in [6, 6.07) is 7.79. The highest BCUT2D eigenvalue weighted by atomic mass is 16.5. The van der Waals surface area contributed by atoms with Crippen LogP contribution in [0.5, 0.6) is 5.75 Å². The van der Waals surface area contributed by atoms with Crippen molar-refractivity contribution in [1.82, 2.24) is 9.80 Å². The standard InChI is InChI=1S/C19H28N2O3/c1-5-15-8-6-7-9-16(15)24-14-17(22)20-10-12-21(13-11-20)18(23)19(2,3)4/h6-9H,5,10-14H2,1-4H3. The molecule has 1 heterocycles. The van der Waals surface area contributed by atoms with Crippen molar-refractivity contribution in [3.05, 3.63) is 29.8 Å². The maximum atomic E-state index is 12.3. The van der Waals surface area contributed by atoms with Gasteiger partial charge in [0.05, 0.1) is 0 Å². The van der Waals surface area contributed by atoms with E-state index in [2.05, 4.69) is 6.92 Å². The van der Waals surface area contributed by atoms with Gasteiger partial charge in [0.25, 0.3) is 5.91 Å². The summed E-state index contributed by atoms with van der Waals surface area (Å²) in [6.07, 6.45) is 0.873. The summed E-state index contributed by atoms with van der Waals surface area (Å²) >= 11 is 0. The highest BCUT2D eigenvalue weighted by Gasteiger charge is 2.30. The second kappa shape index (κ2) is 7.69. The molecule has 2 rings (SSSR count). The Bertz CT molecular complexity index is 585. The van der Waals surface area contributed by atoms with Crippen molar-refractivity contribution >= 4 is 11.8 Å². The van der Waals surface area contributed by atoms with Gasteiger partial charge in [0, 0.05) is 31.6 Å². The Morgan fingerprint density at radius 2 is 1.62 bits per heavy atom. The van der Waals surface area contributed by atoms with Gasteiger partial charge in [0.1, 0.15) is 5.75 Å². The van der Waals surface area contributed by atoms with E-state index in [0.29, 0.717) is 26.2 Å². The van der Waals surface area contributed by atoms with E-state index in [1.54, 1.807) is 4.90 Å². The zero-order valence-electron chi connectivity index (χ0n) is 15.2. The molecule has 0 spiro atoms. The lowest BCUT2D eigenvalue weighted by Gasteiger charge is -2.37. The first kappa shape index (κ1) is 18.3. The van der Waals surface area contributed by atoms with Crippen LogP contribution in [0.2, 0.25) is 0 Å². The quantitative estimate of drug-likeness (QED) is 0.850. The molecule has 0 aliphatic carbocycles. The Morgan fingerprint density at radius 3 is 2.21 bits per heavy atom. The van der Waals surface area contributed by atoms with E-state index in [-0.39, 0.29) is 23.8 Å². The Morgan fingerprint density at radius 1 is 1.04 bits per heavy atom. The molecule has 1 aliphatic rings. The highest BCUT2D eigenvalue weighted by Crippen LogP contribution is 2.20. The maximum absolute atomic E-state index is 12.3.